The second-order valence-electron chi connectivity index (χ2n) is 4.73. The van der Waals surface area contributed by atoms with Crippen molar-refractivity contribution in [1.82, 2.24) is 9.62 Å². The molecule has 1 aliphatic rings. The Kier molecular flexibility index (Phi) is 4.21. The lowest BCUT2D eigenvalue weighted by atomic mass is 10.2. The van der Waals surface area contributed by atoms with Gasteiger partial charge in [-0.2, -0.15) is 0 Å². The molecular formula is C13H18N2O3S. The van der Waals surface area contributed by atoms with Gasteiger partial charge in [0.15, 0.2) is 0 Å². The number of rotatable bonds is 4. The second-order valence-corrected chi connectivity index (χ2v) is 6.50. The fourth-order valence-corrected chi connectivity index (χ4v) is 3.18. The molecule has 5 nitrogen and oxygen atoms in total. The van der Waals surface area contributed by atoms with E-state index >= 15 is 0 Å². The van der Waals surface area contributed by atoms with Gasteiger partial charge >= 0.3 is 0 Å². The monoisotopic (exact) mass is 282 g/mol. The number of likely N-dealkylation sites (tertiary alicyclic amines) is 1. The van der Waals surface area contributed by atoms with Crippen molar-refractivity contribution in [2.45, 2.75) is 24.7 Å². The average molecular weight is 282 g/mol. The Morgan fingerprint density at radius 2 is 2.00 bits per heavy atom. The quantitative estimate of drug-likeness (QED) is 0.892. The van der Waals surface area contributed by atoms with Crippen molar-refractivity contribution in [1.29, 1.82) is 0 Å². The largest absolute Gasteiger partial charge is 0.342 e. The third kappa shape index (κ3) is 3.54. The van der Waals surface area contributed by atoms with Gasteiger partial charge < -0.3 is 4.90 Å². The number of sulfonamides is 1. The van der Waals surface area contributed by atoms with E-state index in [4.69, 9.17) is 0 Å². The van der Waals surface area contributed by atoms with Crippen LogP contribution in [-0.2, 0) is 14.8 Å². The van der Waals surface area contributed by atoms with Gasteiger partial charge in [0.05, 0.1) is 11.4 Å². The van der Waals surface area contributed by atoms with Gasteiger partial charge in [0, 0.05) is 13.1 Å². The molecule has 1 aromatic rings. The van der Waals surface area contributed by atoms with Gasteiger partial charge in [-0.1, -0.05) is 12.1 Å². The Bertz CT molecular complexity index is 563. The molecule has 1 N–H and O–H groups in total. The van der Waals surface area contributed by atoms with Gasteiger partial charge in [-0.3, -0.25) is 4.79 Å². The van der Waals surface area contributed by atoms with Gasteiger partial charge in [0.25, 0.3) is 0 Å². The maximum atomic E-state index is 12.0. The molecule has 6 heteroatoms. The predicted octanol–water partition coefficient (Wildman–Crippen LogP) is 0.896. The van der Waals surface area contributed by atoms with Gasteiger partial charge in [-0.15, -0.1) is 0 Å². The summed E-state index contributed by atoms with van der Waals surface area (Å²) in [5.74, 6) is -0.159. The summed E-state index contributed by atoms with van der Waals surface area (Å²) in [4.78, 5) is 13.7. The topological polar surface area (TPSA) is 66.5 Å². The van der Waals surface area contributed by atoms with Crippen LogP contribution < -0.4 is 4.72 Å². The van der Waals surface area contributed by atoms with Crippen LogP contribution in [0, 0.1) is 6.92 Å². The van der Waals surface area contributed by atoms with Crippen LogP contribution in [0.5, 0.6) is 0 Å². The lowest BCUT2D eigenvalue weighted by Crippen LogP contribution is -2.38. The van der Waals surface area contributed by atoms with Crippen LogP contribution in [0.1, 0.15) is 18.4 Å². The first-order valence-corrected chi connectivity index (χ1v) is 7.81. The minimum absolute atomic E-state index is 0.159. The van der Waals surface area contributed by atoms with Crippen LogP contribution >= 0.6 is 0 Å². The number of hydrogen-bond acceptors (Lipinski definition) is 3. The van der Waals surface area contributed by atoms with Gasteiger partial charge in [-0.25, -0.2) is 13.1 Å². The second kappa shape index (κ2) is 5.71. The number of nitrogens with one attached hydrogen (secondary N) is 1. The van der Waals surface area contributed by atoms with Crippen LogP contribution in [0.4, 0.5) is 0 Å². The molecule has 1 saturated heterocycles. The Hall–Kier alpha value is -1.40. The van der Waals surface area contributed by atoms with Crippen LogP contribution in [-0.4, -0.2) is 38.9 Å². The minimum atomic E-state index is -3.60. The molecule has 0 unspecified atom stereocenters. The molecule has 0 radical (unpaired) electrons. The van der Waals surface area contributed by atoms with Gasteiger partial charge in [-0.05, 0) is 37.5 Å². The van der Waals surface area contributed by atoms with Gasteiger partial charge in [0.1, 0.15) is 0 Å². The summed E-state index contributed by atoms with van der Waals surface area (Å²) in [6.45, 7) is 3.11. The molecule has 19 heavy (non-hydrogen) atoms. The third-order valence-electron chi connectivity index (χ3n) is 3.17. The molecule has 1 aliphatic heterocycles. The number of carbonyl (C=O) groups excluding carboxylic acids is 1. The van der Waals surface area contributed by atoms with Crippen molar-refractivity contribution in [3.63, 3.8) is 0 Å². The summed E-state index contributed by atoms with van der Waals surface area (Å²) in [5.41, 5.74) is 0.869. The van der Waals surface area contributed by atoms with E-state index in [0.29, 0.717) is 0 Å². The molecule has 0 saturated carbocycles. The molecule has 1 aromatic carbocycles. The highest BCUT2D eigenvalue weighted by atomic mass is 32.2. The summed E-state index contributed by atoms with van der Waals surface area (Å²) < 4.78 is 26.4. The van der Waals surface area contributed by atoms with Crippen LogP contribution in [0.2, 0.25) is 0 Å². The molecule has 0 bridgehead atoms. The number of nitrogens with zero attached hydrogens (tertiary/aromatic N) is 1. The normalized spacial score (nSPS) is 15.7. The summed E-state index contributed by atoms with van der Waals surface area (Å²) in [7, 11) is -3.60. The highest BCUT2D eigenvalue weighted by molar-refractivity contribution is 7.89. The molecule has 1 heterocycles. The maximum Gasteiger partial charge on any atom is 0.241 e. The summed E-state index contributed by atoms with van der Waals surface area (Å²) in [6, 6.07) is 6.62. The van der Waals surface area contributed by atoms with Gasteiger partial charge in [0.2, 0.25) is 15.9 Å². The van der Waals surface area contributed by atoms with E-state index < -0.39 is 10.0 Å². The van der Waals surface area contributed by atoms with E-state index in [1.54, 1.807) is 17.0 Å². The molecule has 1 amide bonds. The first-order chi connectivity index (χ1) is 8.99. The fourth-order valence-electron chi connectivity index (χ4n) is 2.10. The number of benzene rings is 1. The van der Waals surface area contributed by atoms with E-state index in [9.17, 15) is 13.2 Å². The Balaban J connectivity index is 1.99. The van der Waals surface area contributed by atoms with Crippen molar-refractivity contribution in [3.8, 4) is 0 Å². The predicted molar refractivity (Wildman–Crippen MR) is 72.2 cm³/mol. The molecule has 0 aromatic heterocycles. The highest BCUT2D eigenvalue weighted by Gasteiger charge is 2.20. The van der Waals surface area contributed by atoms with Crippen LogP contribution in [0.3, 0.4) is 0 Å². The zero-order valence-electron chi connectivity index (χ0n) is 10.9. The zero-order chi connectivity index (χ0) is 13.9. The maximum absolute atomic E-state index is 12.0. The smallest absolute Gasteiger partial charge is 0.241 e. The van der Waals surface area contributed by atoms with E-state index in [0.717, 1.165) is 31.5 Å². The standard InChI is InChI=1S/C13H18N2O3S/c1-11-5-4-6-12(9-11)19(17,18)14-10-13(16)15-7-2-3-8-15/h4-6,9,14H,2-3,7-8,10H2,1H3. The number of hydrogen-bond donors (Lipinski definition) is 1. The Morgan fingerprint density at radius 1 is 1.32 bits per heavy atom. The molecule has 1 fully saturated rings. The van der Waals surface area contributed by atoms with Crippen LogP contribution in [0.25, 0.3) is 0 Å². The van der Waals surface area contributed by atoms with Crippen molar-refractivity contribution < 1.29 is 13.2 Å². The molecule has 0 atom stereocenters. The lowest BCUT2D eigenvalue weighted by molar-refractivity contribution is -0.128. The minimum Gasteiger partial charge on any atom is -0.342 e. The highest BCUT2D eigenvalue weighted by Crippen LogP contribution is 2.11. The first kappa shape index (κ1) is 14.0. The number of amides is 1. The summed E-state index contributed by atoms with van der Waals surface area (Å²) >= 11 is 0. The SMILES string of the molecule is Cc1cccc(S(=O)(=O)NCC(=O)N2CCCC2)c1. The van der Waals surface area contributed by atoms with Crippen LogP contribution in [0.15, 0.2) is 29.2 Å². The van der Waals surface area contributed by atoms with Crippen molar-refractivity contribution in [2.75, 3.05) is 19.6 Å². The van der Waals surface area contributed by atoms with E-state index in [1.165, 1.54) is 6.07 Å². The Labute approximate surface area is 113 Å². The first-order valence-electron chi connectivity index (χ1n) is 6.33. The molecular weight excluding hydrogens is 264 g/mol. The summed E-state index contributed by atoms with van der Waals surface area (Å²) in [6.07, 6.45) is 1.99. The molecule has 104 valence electrons. The number of carbonyl (C=O) groups is 1. The number of aryl methyl sites for hydroxylation is 1. The van der Waals surface area contributed by atoms with E-state index in [2.05, 4.69) is 4.72 Å². The molecule has 0 aliphatic carbocycles. The van der Waals surface area contributed by atoms with Crippen molar-refractivity contribution >= 4 is 15.9 Å². The zero-order valence-corrected chi connectivity index (χ0v) is 11.7. The van der Waals surface area contributed by atoms with Crippen molar-refractivity contribution in [2.24, 2.45) is 0 Å². The summed E-state index contributed by atoms with van der Waals surface area (Å²) in [5, 5.41) is 0. The third-order valence-corrected chi connectivity index (χ3v) is 4.57. The van der Waals surface area contributed by atoms with Crippen molar-refractivity contribution in [3.05, 3.63) is 29.8 Å². The fraction of sp³-hybridized carbons (Fsp3) is 0.462. The molecule has 0 spiro atoms. The average Bonchev–Trinajstić information content (AvgIpc) is 2.90. The van der Waals surface area contributed by atoms with E-state index in [-0.39, 0.29) is 17.3 Å². The lowest BCUT2D eigenvalue weighted by Gasteiger charge is -2.15. The van der Waals surface area contributed by atoms with E-state index in [1.807, 2.05) is 13.0 Å². The molecule has 2 rings (SSSR count). The Morgan fingerprint density at radius 3 is 2.63 bits per heavy atom.